The Bertz CT molecular complexity index is 660. The number of halogens is 2. The van der Waals surface area contributed by atoms with E-state index < -0.39 is 0 Å². The van der Waals surface area contributed by atoms with Crippen LogP contribution in [0.15, 0.2) is 48.5 Å². The molecule has 3 nitrogen and oxygen atoms in total. The van der Waals surface area contributed by atoms with Crippen LogP contribution in [0.4, 0.5) is 5.69 Å². The second kappa shape index (κ2) is 7.12. The van der Waals surface area contributed by atoms with Crippen LogP contribution in [-0.2, 0) is 0 Å². The first-order valence-electron chi connectivity index (χ1n) is 6.32. The van der Waals surface area contributed by atoms with Crippen LogP contribution >= 0.6 is 23.2 Å². The zero-order valence-electron chi connectivity index (χ0n) is 11.1. The van der Waals surface area contributed by atoms with Gasteiger partial charge in [0.05, 0.1) is 12.5 Å². The normalized spacial score (nSPS) is 9.95. The summed E-state index contributed by atoms with van der Waals surface area (Å²) in [7, 11) is 0. The van der Waals surface area contributed by atoms with E-state index in [4.69, 9.17) is 28.5 Å². The van der Waals surface area contributed by atoms with E-state index in [1.54, 1.807) is 23.1 Å². The molecule has 0 aliphatic heterocycles. The molecule has 0 atom stereocenters. The van der Waals surface area contributed by atoms with E-state index in [1.807, 2.05) is 30.3 Å². The quantitative estimate of drug-likeness (QED) is 0.829. The van der Waals surface area contributed by atoms with E-state index in [1.165, 1.54) is 0 Å². The third-order valence-electron chi connectivity index (χ3n) is 2.87. The Labute approximate surface area is 133 Å². The molecule has 0 fully saturated rings. The number of benzene rings is 2. The molecule has 0 aliphatic carbocycles. The number of para-hydroxylation sites is 1. The standard InChI is InChI=1S/C16H12Cl2N2O/c17-13-9-12(10-14(18)11-13)16(21)20(8-4-7-19)15-5-2-1-3-6-15/h1-3,5-6,9-11H,4,8H2. The maximum Gasteiger partial charge on any atom is 0.258 e. The van der Waals surface area contributed by atoms with Crippen LogP contribution in [0.1, 0.15) is 16.8 Å². The molecule has 0 heterocycles. The number of nitriles is 1. The molecular formula is C16H12Cl2N2O. The van der Waals surface area contributed by atoms with Crippen LogP contribution in [0.25, 0.3) is 0 Å². The first-order chi connectivity index (χ1) is 10.1. The summed E-state index contributed by atoms with van der Waals surface area (Å²) in [5, 5.41) is 9.58. The van der Waals surface area contributed by atoms with Crippen molar-refractivity contribution < 1.29 is 4.79 Å². The number of carbonyl (C=O) groups is 1. The molecule has 0 bridgehead atoms. The summed E-state index contributed by atoms with van der Waals surface area (Å²) in [5.74, 6) is -0.235. The summed E-state index contributed by atoms with van der Waals surface area (Å²) in [5.41, 5.74) is 1.13. The predicted molar refractivity (Wildman–Crippen MR) is 84.8 cm³/mol. The van der Waals surface area contributed by atoms with Gasteiger partial charge in [-0.25, -0.2) is 0 Å². The Morgan fingerprint density at radius 3 is 2.29 bits per heavy atom. The van der Waals surface area contributed by atoms with E-state index in [0.717, 1.165) is 5.69 Å². The molecule has 0 aromatic heterocycles. The Kier molecular flexibility index (Phi) is 5.21. The van der Waals surface area contributed by atoms with Crippen LogP contribution in [0, 0.1) is 11.3 Å². The van der Waals surface area contributed by atoms with Gasteiger partial charge in [0.15, 0.2) is 0 Å². The van der Waals surface area contributed by atoms with Crippen molar-refractivity contribution in [2.24, 2.45) is 0 Å². The number of rotatable bonds is 4. The molecule has 1 amide bonds. The lowest BCUT2D eigenvalue weighted by molar-refractivity contribution is 0.0987. The van der Waals surface area contributed by atoms with Gasteiger partial charge in [-0.1, -0.05) is 41.4 Å². The van der Waals surface area contributed by atoms with Crippen LogP contribution in [0.2, 0.25) is 10.0 Å². The van der Waals surface area contributed by atoms with Crippen molar-refractivity contribution in [3.05, 3.63) is 64.1 Å². The van der Waals surface area contributed by atoms with Crippen molar-refractivity contribution in [3.63, 3.8) is 0 Å². The van der Waals surface area contributed by atoms with Gasteiger partial charge in [-0.2, -0.15) is 5.26 Å². The molecule has 0 radical (unpaired) electrons. The van der Waals surface area contributed by atoms with Crippen LogP contribution < -0.4 is 4.90 Å². The van der Waals surface area contributed by atoms with Gasteiger partial charge < -0.3 is 4.90 Å². The summed E-state index contributed by atoms with van der Waals surface area (Å²) < 4.78 is 0. The minimum atomic E-state index is -0.235. The Morgan fingerprint density at radius 2 is 1.71 bits per heavy atom. The van der Waals surface area contributed by atoms with E-state index in [-0.39, 0.29) is 12.3 Å². The highest BCUT2D eigenvalue weighted by Crippen LogP contribution is 2.23. The smallest absolute Gasteiger partial charge is 0.258 e. The molecule has 5 heteroatoms. The fraction of sp³-hybridized carbons (Fsp3) is 0.125. The van der Waals surface area contributed by atoms with Gasteiger partial charge in [0.2, 0.25) is 0 Å². The number of anilines is 1. The van der Waals surface area contributed by atoms with Crippen molar-refractivity contribution in [2.45, 2.75) is 6.42 Å². The predicted octanol–water partition coefficient (Wildman–Crippen LogP) is 4.55. The van der Waals surface area contributed by atoms with Gasteiger partial charge in [-0.05, 0) is 30.3 Å². The van der Waals surface area contributed by atoms with Gasteiger partial charge in [0.25, 0.3) is 5.91 Å². The third-order valence-corrected chi connectivity index (χ3v) is 3.31. The average Bonchev–Trinajstić information content (AvgIpc) is 2.47. The molecule has 106 valence electrons. The van der Waals surface area contributed by atoms with E-state index in [0.29, 0.717) is 22.2 Å². The molecule has 0 spiro atoms. The molecular weight excluding hydrogens is 307 g/mol. The van der Waals surface area contributed by atoms with Crippen molar-refractivity contribution >= 4 is 34.8 Å². The minimum Gasteiger partial charge on any atom is -0.307 e. The molecule has 0 N–H and O–H groups in total. The first kappa shape index (κ1) is 15.4. The second-order valence-corrected chi connectivity index (χ2v) is 5.23. The molecule has 0 unspecified atom stereocenters. The molecule has 2 aromatic carbocycles. The molecule has 0 saturated heterocycles. The number of hydrogen-bond acceptors (Lipinski definition) is 2. The highest BCUT2D eigenvalue weighted by atomic mass is 35.5. The molecule has 2 aromatic rings. The topological polar surface area (TPSA) is 44.1 Å². The van der Waals surface area contributed by atoms with Crippen molar-refractivity contribution in [3.8, 4) is 6.07 Å². The monoisotopic (exact) mass is 318 g/mol. The Morgan fingerprint density at radius 1 is 1.10 bits per heavy atom. The minimum absolute atomic E-state index is 0.235. The summed E-state index contributed by atoms with van der Waals surface area (Å²) in [6.45, 7) is 0.309. The lowest BCUT2D eigenvalue weighted by Crippen LogP contribution is -2.31. The SMILES string of the molecule is N#CCCN(C(=O)c1cc(Cl)cc(Cl)c1)c1ccccc1. The maximum absolute atomic E-state index is 12.7. The summed E-state index contributed by atoms with van der Waals surface area (Å²) in [6.07, 6.45) is 0.245. The van der Waals surface area contributed by atoms with Crippen molar-refractivity contribution in [2.75, 3.05) is 11.4 Å². The van der Waals surface area contributed by atoms with E-state index in [9.17, 15) is 4.79 Å². The number of hydrogen-bond donors (Lipinski definition) is 0. The van der Waals surface area contributed by atoms with Crippen molar-refractivity contribution in [1.82, 2.24) is 0 Å². The van der Waals surface area contributed by atoms with E-state index in [2.05, 4.69) is 6.07 Å². The average molecular weight is 319 g/mol. The second-order valence-electron chi connectivity index (χ2n) is 4.36. The zero-order valence-corrected chi connectivity index (χ0v) is 12.6. The van der Waals surface area contributed by atoms with Crippen LogP contribution in [0.3, 0.4) is 0 Å². The third kappa shape index (κ3) is 3.98. The fourth-order valence-corrected chi connectivity index (χ4v) is 2.48. The highest BCUT2D eigenvalue weighted by molar-refractivity contribution is 6.35. The zero-order chi connectivity index (χ0) is 15.2. The van der Waals surface area contributed by atoms with Crippen LogP contribution in [0.5, 0.6) is 0 Å². The Hall–Kier alpha value is -2.02. The summed E-state index contributed by atoms with van der Waals surface area (Å²) >= 11 is 11.9. The van der Waals surface area contributed by atoms with E-state index >= 15 is 0 Å². The largest absolute Gasteiger partial charge is 0.307 e. The van der Waals surface area contributed by atoms with Gasteiger partial charge >= 0.3 is 0 Å². The lowest BCUT2D eigenvalue weighted by atomic mass is 10.1. The van der Waals surface area contributed by atoms with Gasteiger partial charge in [-0.15, -0.1) is 0 Å². The molecule has 21 heavy (non-hydrogen) atoms. The first-order valence-corrected chi connectivity index (χ1v) is 7.07. The summed E-state index contributed by atoms with van der Waals surface area (Å²) in [4.78, 5) is 14.2. The summed E-state index contributed by atoms with van der Waals surface area (Å²) in [6, 6.07) is 15.9. The number of amides is 1. The fourth-order valence-electron chi connectivity index (χ4n) is 1.95. The van der Waals surface area contributed by atoms with Gasteiger partial charge in [0.1, 0.15) is 0 Å². The maximum atomic E-state index is 12.7. The van der Waals surface area contributed by atoms with Gasteiger partial charge in [0, 0.05) is 27.8 Å². The molecule has 0 saturated carbocycles. The Balaban J connectivity index is 2.36. The van der Waals surface area contributed by atoms with Gasteiger partial charge in [-0.3, -0.25) is 4.79 Å². The number of nitrogens with zero attached hydrogens (tertiary/aromatic N) is 2. The lowest BCUT2D eigenvalue weighted by Gasteiger charge is -2.22. The molecule has 0 aliphatic rings. The van der Waals surface area contributed by atoms with Crippen molar-refractivity contribution in [1.29, 1.82) is 5.26 Å². The van der Waals surface area contributed by atoms with Crippen LogP contribution in [-0.4, -0.2) is 12.5 Å². The molecule has 2 rings (SSSR count). The number of carbonyl (C=O) groups excluding carboxylic acids is 1. The highest BCUT2D eigenvalue weighted by Gasteiger charge is 2.18.